The van der Waals surface area contributed by atoms with Crippen LogP contribution < -0.4 is 11.2 Å². The van der Waals surface area contributed by atoms with Crippen molar-refractivity contribution in [2.45, 2.75) is 6.92 Å². The SMILES string of the molecule is Cc1ccccc1N.[B]c1cccc(C=O)c1. The molecule has 2 aromatic rings. The minimum atomic E-state index is 0.620. The normalized spacial score (nSPS) is 9.00. The first kappa shape index (κ1) is 13.0. The maximum Gasteiger partial charge on any atom is 0.150 e. The molecule has 3 heteroatoms. The molecule has 0 saturated heterocycles. The number of aryl methyl sites for hydroxylation is 1. The molecule has 0 saturated carbocycles. The van der Waals surface area contributed by atoms with E-state index in [0.29, 0.717) is 11.0 Å². The third-order valence-electron chi connectivity index (χ3n) is 2.24. The molecule has 0 aliphatic heterocycles. The third-order valence-corrected chi connectivity index (χ3v) is 2.24. The lowest BCUT2D eigenvalue weighted by Crippen LogP contribution is -2.01. The van der Waals surface area contributed by atoms with E-state index in [0.717, 1.165) is 17.5 Å². The van der Waals surface area contributed by atoms with Gasteiger partial charge in [0.1, 0.15) is 14.1 Å². The Morgan fingerprint density at radius 2 is 1.82 bits per heavy atom. The maximum atomic E-state index is 10.1. The summed E-state index contributed by atoms with van der Waals surface area (Å²) in [6.07, 6.45) is 0.774. The van der Waals surface area contributed by atoms with Gasteiger partial charge in [0.25, 0.3) is 0 Å². The zero-order chi connectivity index (χ0) is 12.7. The number of nitrogens with two attached hydrogens (primary N) is 1. The van der Waals surface area contributed by atoms with Gasteiger partial charge in [-0.1, -0.05) is 47.9 Å². The predicted octanol–water partition coefficient (Wildman–Crippen LogP) is 1.87. The molecule has 2 aromatic carbocycles. The van der Waals surface area contributed by atoms with E-state index in [9.17, 15) is 4.79 Å². The molecular formula is C14H14BNO. The molecule has 0 amide bonds. The van der Waals surface area contributed by atoms with E-state index in [2.05, 4.69) is 0 Å². The summed E-state index contributed by atoms with van der Waals surface area (Å²) in [6.45, 7) is 2.00. The molecule has 0 fully saturated rings. The fraction of sp³-hybridized carbons (Fsp3) is 0.0714. The first-order valence-electron chi connectivity index (χ1n) is 5.25. The summed E-state index contributed by atoms with van der Waals surface area (Å²) in [5, 5.41) is 0. The van der Waals surface area contributed by atoms with E-state index < -0.39 is 0 Å². The number of benzene rings is 2. The Balaban J connectivity index is 0.000000171. The molecule has 2 nitrogen and oxygen atoms in total. The minimum absolute atomic E-state index is 0.620. The van der Waals surface area contributed by atoms with Crippen molar-refractivity contribution in [1.82, 2.24) is 0 Å². The Morgan fingerprint density at radius 1 is 1.12 bits per heavy atom. The highest BCUT2D eigenvalue weighted by Crippen LogP contribution is 2.06. The molecule has 2 rings (SSSR count). The van der Waals surface area contributed by atoms with Crippen LogP contribution in [0, 0.1) is 6.92 Å². The van der Waals surface area contributed by atoms with Gasteiger partial charge in [0.05, 0.1) is 0 Å². The lowest BCUT2D eigenvalue weighted by Gasteiger charge is -1.93. The second kappa shape index (κ2) is 6.53. The molecule has 0 aromatic heterocycles. The number of hydrogen-bond donors (Lipinski definition) is 1. The van der Waals surface area contributed by atoms with E-state index in [1.807, 2.05) is 31.2 Å². The number of aldehydes is 1. The van der Waals surface area contributed by atoms with Gasteiger partial charge in [-0.05, 0) is 18.6 Å². The Morgan fingerprint density at radius 3 is 2.24 bits per heavy atom. The van der Waals surface area contributed by atoms with Crippen molar-refractivity contribution in [2.24, 2.45) is 0 Å². The molecular weight excluding hydrogens is 209 g/mol. The van der Waals surface area contributed by atoms with Crippen molar-refractivity contribution in [2.75, 3.05) is 5.73 Å². The Labute approximate surface area is 103 Å². The largest absolute Gasteiger partial charge is 0.399 e. The molecule has 0 bridgehead atoms. The smallest absolute Gasteiger partial charge is 0.150 e. The average Bonchev–Trinajstić information content (AvgIpc) is 2.34. The Bertz CT molecular complexity index is 476. The molecule has 2 N–H and O–H groups in total. The average molecular weight is 223 g/mol. The van der Waals surface area contributed by atoms with Crippen LogP contribution in [-0.2, 0) is 0 Å². The topological polar surface area (TPSA) is 43.1 Å². The standard InChI is InChI=1S/C7H5BO.C7H9N/c8-7-3-1-2-6(4-7)5-9;1-6-4-2-3-5-7(6)8/h1-5H;2-5H,8H2,1H3. The van der Waals surface area contributed by atoms with Crippen molar-refractivity contribution < 1.29 is 4.79 Å². The number of rotatable bonds is 1. The van der Waals surface area contributed by atoms with Crippen LogP contribution in [0.1, 0.15) is 15.9 Å². The number of anilines is 1. The first-order chi connectivity index (χ1) is 8.13. The third kappa shape index (κ3) is 4.56. The van der Waals surface area contributed by atoms with Crippen LogP contribution in [0.15, 0.2) is 48.5 Å². The Kier molecular flexibility index (Phi) is 5.01. The van der Waals surface area contributed by atoms with E-state index in [1.165, 1.54) is 0 Å². The van der Waals surface area contributed by atoms with Gasteiger partial charge < -0.3 is 5.73 Å². The molecule has 0 spiro atoms. The van der Waals surface area contributed by atoms with E-state index in [4.69, 9.17) is 13.6 Å². The van der Waals surface area contributed by atoms with Crippen molar-refractivity contribution >= 4 is 25.3 Å². The van der Waals surface area contributed by atoms with Crippen LogP contribution in [-0.4, -0.2) is 14.1 Å². The molecule has 84 valence electrons. The van der Waals surface area contributed by atoms with Gasteiger partial charge in [0.15, 0.2) is 0 Å². The first-order valence-corrected chi connectivity index (χ1v) is 5.25. The van der Waals surface area contributed by atoms with E-state index in [-0.39, 0.29) is 0 Å². The predicted molar refractivity (Wildman–Crippen MR) is 72.8 cm³/mol. The maximum absolute atomic E-state index is 10.1. The second-order valence-corrected chi connectivity index (χ2v) is 3.64. The van der Waals surface area contributed by atoms with E-state index in [1.54, 1.807) is 24.3 Å². The van der Waals surface area contributed by atoms with Gasteiger partial charge in [-0.25, -0.2) is 0 Å². The summed E-state index contributed by atoms with van der Waals surface area (Å²) in [4.78, 5) is 10.1. The fourth-order valence-electron chi connectivity index (χ4n) is 1.22. The van der Waals surface area contributed by atoms with Gasteiger partial charge in [-0.3, -0.25) is 4.79 Å². The quantitative estimate of drug-likeness (QED) is 0.455. The lowest BCUT2D eigenvalue weighted by atomic mass is 9.95. The van der Waals surface area contributed by atoms with Crippen LogP contribution in [0.25, 0.3) is 0 Å². The van der Waals surface area contributed by atoms with Crippen molar-refractivity contribution in [3.63, 3.8) is 0 Å². The van der Waals surface area contributed by atoms with Crippen molar-refractivity contribution in [3.8, 4) is 0 Å². The highest BCUT2D eigenvalue weighted by Gasteiger charge is 1.86. The summed E-state index contributed by atoms with van der Waals surface area (Å²) in [5.74, 6) is 0. The molecule has 2 radical (unpaired) electrons. The van der Waals surface area contributed by atoms with Crippen LogP contribution >= 0.6 is 0 Å². The molecule has 0 atom stereocenters. The van der Waals surface area contributed by atoms with Crippen LogP contribution in [0.3, 0.4) is 0 Å². The number of nitrogen functional groups attached to an aromatic ring is 1. The van der Waals surface area contributed by atoms with Crippen LogP contribution in [0.2, 0.25) is 0 Å². The number of hydrogen-bond acceptors (Lipinski definition) is 2. The summed E-state index contributed by atoms with van der Waals surface area (Å²) in [6, 6.07) is 14.6. The number of para-hydroxylation sites is 1. The Hall–Kier alpha value is -2.03. The second-order valence-electron chi connectivity index (χ2n) is 3.64. The fourth-order valence-corrected chi connectivity index (χ4v) is 1.22. The summed E-state index contributed by atoms with van der Waals surface area (Å²) in [7, 11) is 5.38. The molecule has 0 unspecified atom stereocenters. The van der Waals surface area contributed by atoms with E-state index >= 15 is 0 Å². The minimum Gasteiger partial charge on any atom is -0.399 e. The van der Waals surface area contributed by atoms with Gasteiger partial charge in [0, 0.05) is 11.3 Å². The molecule has 0 heterocycles. The van der Waals surface area contributed by atoms with Crippen LogP contribution in [0.5, 0.6) is 0 Å². The van der Waals surface area contributed by atoms with Gasteiger partial charge in [-0.15, -0.1) is 0 Å². The highest BCUT2D eigenvalue weighted by molar-refractivity contribution is 6.32. The van der Waals surface area contributed by atoms with Gasteiger partial charge >= 0.3 is 0 Å². The highest BCUT2D eigenvalue weighted by atomic mass is 16.1. The van der Waals surface area contributed by atoms with Crippen molar-refractivity contribution in [1.29, 1.82) is 0 Å². The zero-order valence-electron chi connectivity index (χ0n) is 9.76. The number of carbonyl (C=O) groups excluding carboxylic acids is 1. The summed E-state index contributed by atoms with van der Waals surface area (Å²) in [5.41, 5.74) is 8.78. The number of carbonyl (C=O) groups is 1. The summed E-state index contributed by atoms with van der Waals surface area (Å²) >= 11 is 0. The molecule has 17 heavy (non-hydrogen) atoms. The van der Waals surface area contributed by atoms with Gasteiger partial charge in [0.2, 0.25) is 0 Å². The molecule has 0 aliphatic carbocycles. The zero-order valence-corrected chi connectivity index (χ0v) is 9.76. The monoisotopic (exact) mass is 223 g/mol. The van der Waals surface area contributed by atoms with Crippen molar-refractivity contribution in [3.05, 3.63) is 59.7 Å². The summed E-state index contributed by atoms with van der Waals surface area (Å²) < 4.78 is 0. The molecule has 0 aliphatic rings. The van der Waals surface area contributed by atoms with Gasteiger partial charge in [-0.2, -0.15) is 0 Å². The lowest BCUT2D eigenvalue weighted by molar-refractivity contribution is 0.112. The van der Waals surface area contributed by atoms with Crippen LogP contribution in [0.4, 0.5) is 5.69 Å².